The topological polar surface area (TPSA) is 135 Å². The first kappa shape index (κ1) is 12.4. The lowest BCUT2D eigenvalue weighted by atomic mass is 10.3. The summed E-state index contributed by atoms with van der Waals surface area (Å²) in [4.78, 5) is 35.0. The lowest BCUT2D eigenvalue weighted by molar-refractivity contribution is 0.386. The van der Waals surface area contributed by atoms with E-state index in [0.29, 0.717) is 6.07 Å². The minimum atomic E-state index is -4.64. The lowest BCUT2D eigenvalue weighted by Crippen LogP contribution is -2.13. The summed E-state index contributed by atoms with van der Waals surface area (Å²) in [5, 5.41) is 7.76. The van der Waals surface area contributed by atoms with Gasteiger partial charge in [0.05, 0.1) is 10.6 Å². The Morgan fingerprint density at radius 2 is 1.13 bits per heavy atom. The minimum Gasteiger partial charge on any atom is -0.508 e. The molecule has 0 aromatic heterocycles. The quantitative estimate of drug-likeness (QED) is 0.427. The second-order valence-electron chi connectivity index (χ2n) is 2.80. The first-order chi connectivity index (χ1) is 6.60. The van der Waals surface area contributed by atoms with E-state index < -0.39 is 31.6 Å². The van der Waals surface area contributed by atoms with E-state index in [-0.39, 0.29) is 0 Å². The van der Waals surface area contributed by atoms with Crippen LogP contribution >= 0.6 is 15.2 Å². The second-order valence-corrected chi connectivity index (χ2v) is 6.00. The van der Waals surface area contributed by atoms with Crippen LogP contribution in [0.5, 0.6) is 5.75 Å². The molecule has 0 radical (unpaired) electrons. The van der Waals surface area contributed by atoms with Crippen molar-refractivity contribution in [2.24, 2.45) is 0 Å². The van der Waals surface area contributed by atoms with Crippen LogP contribution in [0.2, 0.25) is 0 Å². The van der Waals surface area contributed by atoms with Crippen molar-refractivity contribution in [2.45, 2.75) is 0 Å². The number of phenols is 1. The Balaban J connectivity index is 3.43. The van der Waals surface area contributed by atoms with E-state index in [4.69, 9.17) is 24.7 Å². The van der Waals surface area contributed by atoms with Crippen molar-refractivity contribution in [1.29, 1.82) is 0 Å². The van der Waals surface area contributed by atoms with E-state index in [2.05, 4.69) is 0 Å². The highest BCUT2D eigenvalue weighted by Gasteiger charge is 2.24. The molecular formula is C6H8O7P2. The maximum absolute atomic E-state index is 10.8. The summed E-state index contributed by atoms with van der Waals surface area (Å²) in [6.07, 6.45) is 0. The zero-order valence-electron chi connectivity index (χ0n) is 7.18. The smallest absolute Gasteiger partial charge is 0.356 e. The number of hydrogen-bond donors (Lipinski definition) is 5. The number of aromatic hydroxyl groups is 1. The standard InChI is InChI=1S/C6H8O7P2/c7-4-1-5(14(8,9)10)3-6(2-4)15(11,12)13/h1-3,7H,(H2,8,9,10)(H2,11,12,13). The Hall–Kier alpha value is -0.680. The van der Waals surface area contributed by atoms with Gasteiger partial charge in [0.25, 0.3) is 0 Å². The van der Waals surface area contributed by atoms with Gasteiger partial charge in [-0.3, -0.25) is 9.13 Å². The van der Waals surface area contributed by atoms with E-state index in [1.54, 1.807) is 0 Å². The fourth-order valence-corrected chi connectivity index (χ4v) is 2.23. The van der Waals surface area contributed by atoms with Gasteiger partial charge in [-0.15, -0.1) is 0 Å². The number of benzene rings is 1. The van der Waals surface area contributed by atoms with Crippen LogP contribution in [0.3, 0.4) is 0 Å². The van der Waals surface area contributed by atoms with Gasteiger partial charge in [-0.05, 0) is 18.2 Å². The third-order valence-electron chi connectivity index (χ3n) is 1.56. The summed E-state index contributed by atoms with van der Waals surface area (Å²) >= 11 is 0. The van der Waals surface area contributed by atoms with E-state index >= 15 is 0 Å². The first-order valence-corrected chi connectivity index (χ1v) is 6.79. The molecule has 7 nitrogen and oxygen atoms in total. The summed E-state index contributed by atoms with van der Waals surface area (Å²) in [5.74, 6) is -0.617. The predicted molar refractivity (Wildman–Crippen MR) is 51.5 cm³/mol. The van der Waals surface area contributed by atoms with E-state index in [1.807, 2.05) is 0 Å². The van der Waals surface area contributed by atoms with Crippen LogP contribution < -0.4 is 10.6 Å². The molecule has 0 amide bonds. The Morgan fingerprint density at radius 3 is 1.40 bits per heavy atom. The van der Waals surface area contributed by atoms with Crippen LogP contribution in [0, 0.1) is 0 Å². The molecule has 0 aliphatic rings. The normalized spacial score (nSPS) is 12.8. The molecule has 0 fully saturated rings. The molecule has 0 atom stereocenters. The molecule has 0 bridgehead atoms. The second kappa shape index (κ2) is 3.72. The Bertz CT molecular complexity index is 430. The molecule has 0 saturated carbocycles. The molecule has 5 N–H and O–H groups in total. The highest BCUT2D eigenvalue weighted by atomic mass is 31.2. The van der Waals surface area contributed by atoms with Gasteiger partial charge in [0, 0.05) is 0 Å². The third-order valence-corrected chi connectivity index (χ3v) is 3.42. The average molecular weight is 254 g/mol. The highest BCUT2D eigenvalue weighted by Crippen LogP contribution is 2.38. The maximum atomic E-state index is 10.8. The van der Waals surface area contributed by atoms with Crippen LogP contribution in [-0.2, 0) is 9.13 Å². The molecule has 0 unspecified atom stereocenters. The Labute approximate surface area is 84.3 Å². The molecule has 15 heavy (non-hydrogen) atoms. The summed E-state index contributed by atoms with van der Waals surface area (Å²) in [6.45, 7) is 0. The maximum Gasteiger partial charge on any atom is 0.356 e. The van der Waals surface area contributed by atoms with Gasteiger partial charge in [-0.25, -0.2) is 0 Å². The van der Waals surface area contributed by atoms with Gasteiger partial charge >= 0.3 is 15.2 Å². The Morgan fingerprint density at radius 1 is 0.800 bits per heavy atom. The zero-order valence-corrected chi connectivity index (χ0v) is 8.97. The zero-order chi connectivity index (χ0) is 11.9. The minimum absolute atomic E-state index is 0.617. The summed E-state index contributed by atoms with van der Waals surface area (Å²) < 4.78 is 21.6. The van der Waals surface area contributed by atoms with Gasteiger partial charge < -0.3 is 24.7 Å². The van der Waals surface area contributed by atoms with Crippen LogP contribution in [0.4, 0.5) is 0 Å². The van der Waals surface area contributed by atoms with Crippen LogP contribution in [0.1, 0.15) is 0 Å². The molecule has 0 saturated heterocycles. The van der Waals surface area contributed by atoms with Crippen molar-refractivity contribution < 1.29 is 33.8 Å². The van der Waals surface area contributed by atoms with Gasteiger partial charge in [-0.1, -0.05) is 0 Å². The molecule has 0 aliphatic heterocycles. The number of hydrogen-bond acceptors (Lipinski definition) is 3. The van der Waals surface area contributed by atoms with Gasteiger partial charge in [-0.2, -0.15) is 0 Å². The monoisotopic (exact) mass is 254 g/mol. The Kier molecular flexibility index (Phi) is 3.07. The summed E-state index contributed by atoms with van der Waals surface area (Å²) in [6, 6.07) is 2.17. The predicted octanol–water partition coefficient (Wildman–Crippen LogP) is -1.00. The van der Waals surface area contributed by atoms with E-state index in [0.717, 1.165) is 12.1 Å². The fourth-order valence-electron chi connectivity index (χ4n) is 0.916. The molecule has 1 aromatic carbocycles. The van der Waals surface area contributed by atoms with Crippen LogP contribution in [0.15, 0.2) is 18.2 Å². The van der Waals surface area contributed by atoms with Crippen molar-refractivity contribution in [3.63, 3.8) is 0 Å². The largest absolute Gasteiger partial charge is 0.508 e. The first-order valence-electron chi connectivity index (χ1n) is 3.57. The van der Waals surface area contributed by atoms with E-state index in [1.165, 1.54) is 0 Å². The van der Waals surface area contributed by atoms with Crippen molar-refractivity contribution in [3.8, 4) is 5.75 Å². The molecule has 1 rings (SSSR count). The summed E-state index contributed by atoms with van der Waals surface area (Å²) in [7, 11) is -9.29. The van der Waals surface area contributed by atoms with Crippen molar-refractivity contribution in [3.05, 3.63) is 18.2 Å². The SMILES string of the molecule is O=P(O)(O)c1cc(O)cc(P(=O)(O)O)c1. The number of rotatable bonds is 2. The van der Waals surface area contributed by atoms with Gasteiger partial charge in [0.2, 0.25) is 0 Å². The molecule has 0 aliphatic carbocycles. The van der Waals surface area contributed by atoms with Crippen LogP contribution in [0.25, 0.3) is 0 Å². The summed E-state index contributed by atoms with van der Waals surface area (Å²) in [5.41, 5.74) is 0. The number of phenolic OH excluding ortho intramolecular Hbond substituents is 1. The molecule has 1 aromatic rings. The van der Waals surface area contributed by atoms with E-state index in [9.17, 15) is 9.13 Å². The average Bonchev–Trinajstić information content (AvgIpc) is 1.99. The fraction of sp³-hybridized carbons (Fsp3) is 0. The molecule has 84 valence electrons. The molecule has 0 heterocycles. The highest BCUT2D eigenvalue weighted by molar-refractivity contribution is 7.61. The van der Waals surface area contributed by atoms with Crippen molar-refractivity contribution in [1.82, 2.24) is 0 Å². The van der Waals surface area contributed by atoms with Crippen molar-refractivity contribution in [2.75, 3.05) is 0 Å². The molecular weight excluding hydrogens is 246 g/mol. The molecule has 9 heteroatoms. The van der Waals surface area contributed by atoms with Crippen LogP contribution in [-0.4, -0.2) is 24.7 Å². The molecule has 0 spiro atoms. The third kappa shape index (κ3) is 3.14. The van der Waals surface area contributed by atoms with Crippen molar-refractivity contribution >= 4 is 25.8 Å². The van der Waals surface area contributed by atoms with Gasteiger partial charge in [0.15, 0.2) is 0 Å². The lowest BCUT2D eigenvalue weighted by Gasteiger charge is -2.08. The van der Waals surface area contributed by atoms with Gasteiger partial charge in [0.1, 0.15) is 5.75 Å².